The molecule has 0 amide bonds. The monoisotopic (exact) mass is 492 g/mol. The van der Waals surface area contributed by atoms with Crippen LogP contribution in [-0.4, -0.2) is 9.97 Å². The van der Waals surface area contributed by atoms with E-state index in [-0.39, 0.29) is 0 Å². The number of hydrogen-bond donors (Lipinski definition) is 0. The second-order valence-corrected chi connectivity index (χ2v) is 11.0. The van der Waals surface area contributed by atoms with Crippen LogP contribution in [0.1, 0.15) is 153 Å². The minimum absolute atomic E-state index is 0.853. The van der Waals surface area contributed by atoms with Gasteiger partial charge in [-0.05, 0) is 36.8 Å². The number of hydrogen-bond acceptors (Lipinski definition) is 2. The summed E-state index contributed by atoms with van der Waals surface area (Å²) in [6.45, 7) is 4.57. The Morgan fingerprint density at radius 1 is 0.417 bits per heavy atom. The summed E-state index contributed by atoms with van der Waals surface area (Å²) in [5, 5.41) is 0. The van der Waals surface area contributed by atoms with Gasteiger partial charge in [-0.25, -0.2) is 9.97 Å². The number of aromatic nitrogens is 2. The van der Waals surface area contributed by atoms with E-state index in [9.17, 15) is 0 Å². The highest BCUT2D eigenvalue weighted by atomic mass is 14.9. The molecule has 0 atom stereocenters. The second kappa shape index (κ2) is 21.4. The first-order valence-corrected chi connectivity index (χ1v) is 15.7. The molecule has 202 valence electrons. The molecule has 1 heterocycles. The third-order valence-corrected chi connectivity index (χ3v) is 7.56. The van der Waals surface area contributed by atoms with Crippen LogP contribution in [0.2, 0.25) is 0 Å². The summed E-state index contributed by atoms with van der Waals surface area (Å²) in [6, 6.07) is 8.93. The van der Waals surface area contributed by atoms with E-state index in [2.05, 4.69) is 48.1 Å². The maximum atomic E-state index is 4.65. The van der Waals surface area contributed by atoms with E-state index >= 15 is 0 Å². The van der Waals surface area contributed by atoms with E-state index in [1.54, 1.807) is 0 Å². The predicted octanol–water partition coefficient (Wildman–Crippen LogP) is 11.1. The first-order valence-electron chi connectivity index (χ1n) is 15.7. The summed E-state index contributed by atoms with van der Waals surface area (Å²) in [5.41, 5.74) is 3.84. The molecule has 1 aromatic heterocycles. The van der Waals surface area contributed by atoms with Crippen LogP contribution in [0.5, 0.6) is 0 Å². The summed E-state index contributed by atoms with van der Waals surface area (Å²) in [7, 11) is 0. The fourth-order valence-electron chi connectivity index (χ4n) is 5.09. The molecule has 0 aliphatic carbocycles. The highest BCUT2D eigenvalue weighted by Gasteiger charge is 2.03. The van der Waals surface area contributed by atoms with E-state index in [0.717, 1.165) is 17.8 Å². The Hall–Kier alpha value is -1.70. The van der Waals surface area contributed by atoms with Gasteiger partial charge in [-0.2, -0.15) is 0 Å². The van der Waals surface area contributed by atoms with E-state index in [0.29, 0.717) is 0 Å². The largest absolute Gasteiger partial charge is 0.236 e. The molecule has 0 aliphatic rings. The molecule has 0 saturated carbocycles. The lowest BCUT2D eigenvalue weighted by atomic mass is 10.0. The maximum Gasteiger partial charge on any atom is 0.159 e. The molecule has 0 unspecified atom stereocenters. The van der Waals surface area contributed by atoms with Gasteiger partial charge in [-0.3, -0.25) is 0 Å². The minimum atomic E-state index is 0.853. The summed E-state index contributed by atoms with van der Waals surface area (Å²) in [4.78, 5) is 9.29. The summed E-state index contributed by atoms with van der Waals surface area (Å²) < 4.78 is 0. The molecule has 0 spiro atoms. The maximum absolute atomic E-state index is 4.65. The number of unbranched alkanes of at least 4 members (excludes halogenated alkanes) is 18. The Kier molecular flexibility index (Phi) is 18.1. The lowest BCUT2D eigenvalue weighted by molar-refractivity contribution is 0.539. The number of aryl methyl sites for hydroxylation is 2. The molecule has 1 aromatic carbocycles. The topological polar surface area (TPSA) is 25.8 Å². The van der Waals surface area contributed by atoms with Crippen molar-refractivity contribution in [3.8, 4) is 11.4 Å². The number of nitrogens with zero attached hydrogens (tertiary/aromatic N) is 2. The van der Waals surface area contributed by atoms with Gasteiger partial charge in [0.1, 0.15) is 0 Å². The van der Waals surface area contributed by atoms with Gasteiger partial charge < -0.3 is 0 Å². The van der Waals surface area contributed by atoms with Gasteiger partial charge in [-0.1, -0.05) is 154 Å². The van der Waals surface area contributed by atoms with Crippen molar-refractivity contribution in [1.82, 2.24) is 9.97 Å². The Bertz CT molecular complexity index is 735. The van der Waals surface area contributed by atoms with Crippen LogP contribution in [0.25, 0.3) is 11.4 Å². The van der Waals surface area contributed by atoms with Crippen molar-refractivity contribution in [3.05, 3.63) is 47.8 Å². The summed E-state index contributed by atoms with van der Waals surface area (Å²) in [5.74, 6) is 0.853. The van der Waals surface area contributed by atoms with Crippen molar-refractivity contribution in [2.45, 2.75) is 155 Å². The zero-order valence-corrected chi connectivity index (χ0v) is 23.9. The molecule has 0 saturated heterocycles. The Balaban J connectivity index is 1.51. The molecule has 0 fully saturated rings. The van der Waals surface area contributed by atoms with E-state index in [1.807, 2.05) is 12.4 Å². The predicted molar refractivity (Wildman–Crippen MR) is 159 cm³/mol. The normalized spacial score (nSPS) is 11.3. The molecule has 2 nitrogen and oxygen atoms in total. The molecular weight excluding hydrogens is 436 g/mol. The molecule has 0 N–H and O–H groups in total. The van der Waals surface area contributed by atoms with Crippen molar-refractivity contribution in [2.24, 2.45) is 0 Å². The molecule has 2 aromatic rings. The first kappa shape index (κ1) is 30.5. The van der Waals surface area contributed by atoms with Gasteiger partial charge in [0.25, 0.3) is 0 Å². The van der Waals surface area contributed by atoms with Crippen molar-refractivity contribution in [3.63, 3.8) is 0 Å². The molecule has 0 bridgehead atoms. The molecular formula is C34H56N2. The first-order chi connectivity index (χ1) is 17.8. The lowest BCUT2D eigenvalue weighted by Gasteiger charge is -2.06. The van der Waals surface area contributed by atoms with Crippen molar-refractivity contribution in [1.29, 1.82) is 0 Å². The van der Waals surface area contributed by atoms with Gasteiger partial charge in [0.05, 0.1) is 0 Å². The molecule has 2 heteroatoms. The van der Waals surface area contributed by atoms with Crippen LogP contribution in [0, 0.1) is 0 Å². The molecule has 36 heavy (non-hydrogen) atoms. The number of rotatable bonds is 23. The van der Waals surface area contributed by atoms with E-state index < -0.39 is 0 Å². The van der Waals surface area contributed by atoms with Crippen LogP contribution in [0.3, 0.4) is 0 Å². The summed E-state index contributed by atoms with van der Waals surface area (Å²) >= 11 is 0. The van der Waals surface area contributed by atoms with Gasteiger partial charge in [-0.15, -0.1) is 0 Å². The van der Waals surface area contributed by atoms with Crippen molar-refractivity contribution < 1.29 is 0 Å². The average molecular weight is 493 g/mol. The Morgan fingerprint density at radius 2 is 0.778 bits per heavy atom. The van der Waals surface area contributed by atoms with E-state index in [4.69, 9.17) is 0 Å². The third-order valence-electron chi connectivity index (χ3n) is 7.56. The second-order valence-electron chi connectivity index (χ2n) is 11.0. The number of benzene rings is 1. The van der Waals surface area contributed by atoms with Gasteiger partial charge in [0.15, 0.2) is 5.82 Å². The highest BCUT2D eigenvalue weighted by molar-refractivity contribution is 5.55. The Labute approximate surface area is 224 Å². The zero-order chi connectivity index (χ0) is 25.5. The van der Waals surface area contributed by atoms with Crippen LogP contribution in [0.15, 0.2) is 36.7 Å². The summed E-state index contributed by atoms with van der Waals surface area (Å²) in [6.07, 6.45) is 34.2. The molecule has 0 aliphatic heterocycles. The smallest absolute Gasteiger partial charge is 0.159 e. The fourth-order valence-corrected chi connectivity index (χ4v) is 5.09. The van der Waals surface area contributed by atoms with Gasteiger partial charge in [0.2, 0.25) is 0 Å². The SMILES string of the molecule is CCCCCCCCCCCCCCCc1ccc(-c2ncc(CCCCCCCCC)cn2)cc1. The van der Waals surface area contributed by atoms with Gasteiger partial charge >= 0.3 is 0 Å². The highest BCUT2D eigenvalue weighted by Crippen LogP contribution is 2.18. The zero-order valence-electron chi connectivity index (χ0n) is 23.9. The molecule has 2 rings (SSSR count). The van der Waals surface area contributed by atoms with Crippen LogP contribution >= 0.6 is 0 Å². The average Bonchev–Trinajstić information content (AvgIpc) is 2.91. The third kappa shape index (κ3) is 14.8. The molecule has 0 radical (unpaired) electrons. The van der Waals surface area contributed by atoms with Crippen molar-refractivity contribution >= 4 is 0 Å². The fraction of sp³-hybridized carbons (Fsp3) is 0.706. The van der Waals surface area contributed by atoms with E-state index in [1.165, 1.54) is 146 Å². The Morgan fingerprint density at radius 3 is 1.19 bits per heavy atom. The standard InChI is InChI=1S/C34H56N2/c1-3-5-7-9-11-12-13-14-15-16-18-19-21-23-31-25-27-33(28-26-31)34-35-29-32(30-36-34)24-22-20-17-10-8-6-4-2/h25-30H,3-24H2,1-2H3. The quantitative estimate of drug-likeness (QED) is 0.144. The van der Waals surface area contributed by atoms with Crippen LogP contribution in [-0.2, 0) is 12.8 Å². The lowest BCUT2D eigenvalue weighted by Crippen LogP contribution is -1.94. The van der Waals surface area contributed by atoms with Crippen LogP contribution in [0.4, 0.5) is 0 Å². The van der Waals surface area contributed by atoms with Crippen molar-refractivity contribution in [2.75, 3.05) is 0 Å². The van der Waals surface area contributed by atoms with Gasteiger partial charge in [0, 0.05) is 18.0 Å². The minimum Gasteiger partial charge on any atom is -0.236 e. The van der Waals surface area contributed by atoms with Crippen LogP contribution < -0.4 is 0 Å².